The van der Waals surface area contributed by atoms with Crippen molar-refractivity contribution in [2.75, 3.05) is 0 Å². The fourth-order valence-electron chi connectivity index (χ4n) is 2.07. The molecule has 0 heterocycles. The van der Waals surface area contributed by atoms with E-state index in [0.717, 1.165) is 4.47 Å². The van der Waals surface area contributed by atoms with Crippen LogP contribution >= 0.6 is 15.9 Å². The van der Waals surface area contributed by atoms with Crippen LogP contribution < -0.4 is 0 Å². The predicted molar refractivity (Wildman–Crippen MR) is 67.9 cm³/mol. The highest BCUT2D eigenvalue weighted by Gasteiger charge is 2.22. The Morgan fingerprint density at radius 2 is 2.06 bits per heavy atom. The summed E-state index contributed by atoms with van der Waals surface area (Å²) < 4.78 is 14.4. The Bertz CT molecular complexity index is 361. The lowest BCUT2D eigenvalue weighted by molar-refractivity contribution is 0.129. The molecule has 16 heavy (non-hydrogen) atoms. The van der Waals surface area contributed by atoms with E-state index in [1.54, 1.807) is 19.1 Å². The summed E-state index contributed by atoms with van der Waals surface area (Å²) in [4.78, 5) is 0. The molecule has 0 aliphatic rings. The number of aliphatic hydroxyl groups is 1. The Morgan fingerprint density at radius 3 is 2.62 bits per heavy atom. The molecule has 0 bridgehead atoms. The highest BCUT2D eigenvalue weighted by Crippen LogP contribution is 2.29. The molecule has 0 radical (unpaired) electrons. The zero-order chi connectivity index (χ0) is 12.3. The molecule has 0 fully saturated rings. The van der Waals surface area contributed by atoms with Crippen molar-refractivity contribution in [1.29, 1.82) is 0 Å². The van der Waals surface area contributed by atoms with Gasteiger partial charge in [0.05, 0.1) is 6.10 Å². The Labute approximate surface area is 105 Å². The van der Waals surface area contributed by atoms with Crippen LogP contribution in [-0.2, 0) is 6.42 Å². The summed E-state index contributed by atoms with van der Waals surface area (Å²) in [5, 5.41) is 9.39. The Hall–Kier alpha value is -0.410. The SMILES string of the molecule is CC(O)CC(C)(C)Cc1cc(Br)ccc1F. The van der Waals surface area contributed by atoms with Gasteiger partial charge in [0.15, 0.2) is 0 Å². The van der Waals surface area contributed by atoms with Gasteiger partial charge in [0.2, 0.25) is 0 Å². The molecule has 0 amide bonds. The molecule has 90 valence electrons. The van der Waals surface area contributed by atoms with E-state index < -0.39 is 0 Å². The smallest absolute Gasteiger partial charge is 0.126 e. The second-order valence-corrected chi connectivity index (χ2v) is 6.05. The summed E-state index contributed by atoms with van der Waals surface area (Å²) in [5.41, 5.74) is 0.593. The van der Waals surface area contributed by atoms with Crippen LogP contribution in [0, 0.1) is 11.2 Å². The summed E-state index contributed by atoms with van der Waals surface area (Å²) >= 11 is 3.34. The molecule has 1 nitrogen and oxygen atoms in total. The van der Waals surface area contributed by atoms with Gasteiger partial charge in [-0.2, -0.15) is 0 Å². The van der Waals surface area contributed by atoms with E-state index >= 15 is 0 Å². The van der Waals surface area contributed by atoms with Crippen molar-refractivity contribution < 1.29 is 9.50 Å². The number of rotatable bonds is 4. The molecular formula is C13H18BrFO. The third kappa shape index (κ3) is 4.22. The summed E-state index contributed by atoms with van der Waals surface area (Å²) in [6.45, 7) is 5.85. The zero-order valence-corrected chi connectivity index (χ0v) is 11.5. The van der Waals surface area contributed by atoms with Gasteiger partial charge in [-0.3, -0.25) is 0 Å². The summed E-state index contributed by atoms with van der Waals surface area (Å²) in [6, 6.07) is 4.97. The minimum Gasteiger partial charge on any atom is -0.393 e. The number of halogens is 2. The van der Waals surface area contributed by atoms with Crippen LogP contribution in [0.15, 0.2) is 22.7 Å². The van der Waals surface area contributed by atoms with Crippen molar-refractivity contribution in [3.63, 3.8) is 0 Å². The lowest BCUT2D eigenvalue weighted by Crippen LogP contribution is -2.21. The van der Waals surface area contributed by atoms with Crippen molar-refractivity contribution in [1.82, 2.24) is 0 Å². The van der Waals surface area contributed by atoms with Crippen LogP contribution in [0.1, 0.15) is 32.8 Å². The van der Waals surface area contributed by atoms with Gasteiger partial charge in [-0.15, -0.1) is 0 Å². The van der Waals surface area contributed by atoms with Crippen LogP contribution in [0.5, 0.6) is 0 Å². The molecule has 1 rings (SSSR count). The molecule has 0 aliphatic heterocycles. The van der Waals surface area contributed by atoms with Crippen LogP contribution in [0.4, 0.5) is 4.39 Å². The maximum absolute atomic E-state index is 13.6. The van der Waals surface area contributed by atoms with Crippen molar-refractivity contribution in [3.05, 3.63) is 34.1 Å². The Morgan fingerprint density at radius 1 is 1.44 bits per heavy atom. The summed E-state index contributed by atoms with van der Waals surface area (Å²) in [5.74, 6) is -0.179. The largest absolute Gasteiger partial charge is 0.393 e. The minimum atomic E-state index is -0.356. The van der Waals surface area contributed by atoms with E-state index in [4.69, 9.17) is 0 Å². The average molecular weight is 289 g/mol. The predicted octanol–water partition coefficient (Wildman–Crippen LogP) is 3.93. The molecule has 0 spiro atoms. The highest BCUT2D eigenvalue weighted by atomic mass is 79.9. The topological polar surface area (TPSA) is 20.2 Å². The molecule has 0 aliphatic carbocycles. The number of hydrogen-bond donors (Lipinski definition) is 1. The van der Waals surface area contributed by atoms with E-state index in [2.05, 4.69) is 15.9 Å². The van der Waals surface area contributed by atoms with Gasteiger partial charge in [0.1, 0.15) is 5.82 Å². The van der Waals surface area contributed by atoms with Gasteiger partial charge in [-0.05, 0) is 48.9 Å². The maximum atomic E-state index is 13.6. The number of hydrogen-bond acceptors (Lipinski definition) is 1. The lowest BCUT2D eigenvalue weighted by atomic mass is 9.81. The fraction of sp³-hybridized carbons (Fsp3) is 0.538. The van der Waals surface area contributed by atoms with Gasteiger partial charge < -0.3 is 5.11 Å². The summed E-state index contributed by atoms with van der Waals surface area (Å²) in [6.07, 6.45) is 0.937. The van der Waals surface area contributed by atoms with Crippen molar-refractivity contribution in [3.8, 4) is 0 Å². The zero-order valence-electron chi connectivity index (χ0n) is 9.93. The molecule has 1 atom stereocenters. The van der Waals surface area contributed by atoms with Gasteiger partial charge in [0.25, 0.3) is 0 Å². The van der Waals surface area contributed by atoms with Crippen LogP contribution in [0.25, 0.3) is 0 Å². The van der Waals surface area contributed by atoms with E-state index in [1.807, 2.05) is 13.8 Å². The van der Waals surface area contributed by atoms with Gasteiger partial charge in [-0.1, -0.05) is 29.8 Å². The molecule has 0 saturated carbocycles. The normalized spacial score (nSPS) is 13.9. The molecule has 1 aromatic rings. The third-order valence-electron chi connectivity index (χ3n) is 2.52. The molecule has 3 heteroatoms. The quantitative estimate of drug-likeness (QED) is 0.890. The Balaban J connectivity index is 2.82. The molecular weight excluding hydrogens is 271 g/mol. The van der Waals surface area contributed by atoms with Crippen molar-refractivity contribution in [2.24, 2.45) is 5.41 Å². The van der Waals surface area contributed by atoms with Crippen molar-refractivity contribution >= 4 is 15.9 Å². The highest BCUT2D eigenvalue weighted by molar-refractivity contribution is 9.10. The van der Waals surface area contributed by atoms with E-state index in [1.165, 1.54) is 6.07 Å². The van der Waals surface area contributed by atoms with Crippen LogP contribution in [0.2, 0.25) is 0 Å². The average Bonchev–Trinajstić information content (AvgIpc) is 2.08. The first-order valence-corrected chi connectivity index (χ1v) is 6.21. The lowest BCUT2D eigenvalue weighted by Gasteiger charge is -2.26. The molecule has 1 unspecified atom stereocenters. The second-order valence-electron chi connectivity index (χ2n) is 5.13. The maximum Gasteiger partial charge on any atom is 0.126 e. The van der Waals surface area contributed by atoms with E-state index in [9.17, 15) is 9.50 Å². The van der Waals surface area contributed by atoms with Gasteiger partial charge in [-0.25, -0.2) is 4.39 Å². The monoisotopic (exact) mass is 288 g/mol. The fourth-order valence-corrected chi connectivity index (χ4v) is 2.47. The van der Waals surface area contributed by atoms with Crippen LogP contribution in [-0.4, -0.2) is 11.2 Å². The number of benzene rings is 1. The molecule has 1 N–H and O–H groups in total. The first-order valence-electron chi connectivity index (χ1n) is 5.42. The molecule has 0 aromatic heterocycles. The van der Waals surface area contributed by atoms with Gasteiger partial charge in [0, 0.05) is 4.47 Å². The van der Waals surface area contributed by atoms with E-state index in [-0.39, 0.29) is 17.3 Å². The molecule has 0 saturated heterocycles. The minimum absolute atomic E-state index is 0.101. The first-order chi connectivity index (χ1) is 7.30. The van der Waals surface area contributed by atoms with E-state index in [0.29, 0.717) is 18.4 Å². The Kier molecular flexibility index (Phi) is 4.51. The summed E-state index contributed by atoms with van der Waals surface area (Å²) in [7, 11) is 0. The van der Waals surface area contributed by atoms with Crippen molar-refractivity contribution in [2.45, 2.75) is 39.7 Å². The van der Waals surface area contributed by atoms with Crippen LogP contribution in [0.3, 0.4) is 0 Å². The third-order valence-corrected chi connectivity index (χ3v) is 3.02. The number of aliphatic hydroxyl groups excluding tert-OH is 1. The second kappa shape index (κ2) is 5.28. The first kappa shape index (κ1) is 13.7. The standard InChI is InChI=1S/C13H18BrFO/c1-9(16)7-13(2,3)8-10-6-11(14)4-5-12(10)15/h4-6,9,16H,7-8H2,1-3H3. The molecule has 1 aromatic carbocycles. The van der Waals surface area contributed by atoms with Gasteiger partial charge >= 0.3 is 0 Å².